The molecule has 0 bridgehead atoms. The van der Waals surface area contributed by atoms with Crippen molar-refractivity contribution in [1.29, 1.82) is 0 Å². The Bertz CT molecular complexity index is 431. The summed E-state index contributed by atoms with van der Waals surface area (Å²) in [6.45, 7) is 3.35. The molecular weight excluding hydrogens is 238 g/mol. The molecule has 4 nitrogen and oxygen atoms in total. The van der Waals surface area contributed by atoms with Gasteiger partial charge in [0.1, 0.15) is 5.82 Å². The van der Waals surface area contributed by atoms with Crippen LogP contribution in [0.3, 0.4) is 0 Å². The van der Waals surface area contributed by atoms with Crippen LogP contribution in [-0.4, -0.2) is 40.8 Å². The number of aryl methyl sites for hydroxylation is 1. The van der Waals surface area contributed by atoms with Gasteiger partial charge >= 0.3 is 0 Å². The summed E-state index contributed by atoms with van der Waals surface area (Å²) < 4.78 is 7.89. The average Bonchev–Trinajstić information content (AvgIpc) is 2.97. The van der Waals surface area contributed by atoms with Crippen molar-refractivity contribution < 1.29 is 4.74 Å². The highest BCUT2D eigenvalue weighted by molar-refractivity contribution is 4.99. The summed E-state index contributed by atoms with van der Waals surface area (Å²) in [6.07, 6.45) is 10.9. The third kappa shape index (κ3) is 2.43. The van der Waals surface area contributed by atoms with Gasteiger partial charge in [-0.2, -0.15) is 0 Å². The number of piperidine rings is 1. The van der Waals surface area contributed by atoms with Crippen LogP contribution in [0.2, 0.25) is 0 Å². The predicted octanol–water partition coefficient (Wildman–Crippen LogP) is 2.20. The van der Waals surface area contributed by atoms with Crippen LogP contribution < -0.4 is 0 Å². The van der Waals surface area contributed by atoms with Crippen LogP contribution in [0.25, 0.3) is 0 Å². The molecule has 1 aromatic heterocycles. The highest BCUT2D eigenvalue weighted by atomic mass is 16.5. The van der Waals surface area contributed by atoms with Crippen molar-refractivity contribution in [3.8, 4) is 0 Å². The lowest BCUT2D eigenvalue weighted by atomic mass is 9.76. The predicted molar refractivity (Wildman–Crippen MR) is 74.8 cm³/mol. The maximum Gasteiger partial charge on any atom is 0.122 e. The first-order valence-corrected chi connectivity index (χ1v) is 7.45. The monoisotopic (exact) mass is 263 g/mol. The number of nitrogens with zero attached hydrogens (tertiary/aromatic N) is 3. The molecule has 2 fully saturated rings. The Morgan fingerprint density at radius 3 is 3.00 bits per heavy atom. The molecule has 0 aromatic carbocycles. The molecule has 0 radical (unpaired) electrons. The Hall–Kier alpha value is -0.870. The van der Waals surface area contributed by atoms with E-state index in [4.69, 9.17) is 4.74 Å². The fourth-order valence-electron chi connectivity index (χ4n) is 4.08. The molecule has 1 aromatic rings. The van der Waals surface area contributed by atoms with Gasteiger partial charge in [-0.3, -0.25) is 4.90 Å². The van der Waals surface area contributed by atoms with Crippen LogP contribution in [0, 0.1) is 5.41 Å². The number of hydrogen-bond acceptors (Lipinski definition) is 3. The molecule has 1 aliphatic carbocycles. The van der Waals surface area contributed by atoms with E-state index in [1.807, 2.05) is 19.5 Å². The molecule has 2 atom stereocenters. The molecule has 0 amide bonds. The topological polar surface area (TPSA) is 30.3 Å². The van der Waals surface area contributed by atoms with Gasteiger partial charge in [0, 0.05) is 38.5 Å². The number of hydrogen-bond donors (Lipinski definition) is 0. The van der Waals surface area contributed by atoms with Crippen LogP contribution in [-0.2, 0) is 18.3 Å². The van der Waals surface area contributed by atoms with Crippen molar-refractivity contribution in [1.82, 2.24) is 14.5 Å². The Kier molecular flexibility index (Phi) is 3.63. The van der Waals surface area contributed by atoms with Crippen molar-refractivity contribution in [2.45, 2.75) is 44.8 Å². The minimum Gasteiger partial charge on any atom is -0.381 e. The van der Waals surface area contributed by atoms with Crippen molar-refractivity contribution in [3.05, 3.63) is 18.2 Å². The van der Waals surface area contributed by atoms with Gasteiger partial charge in [0.2, 0.25) is 0 Å². The molecule has 0 unspecified atom stereocenters. The fraction of sp³-hybridized carbons (Fsp3) is 0.800. The van der Waals surface area contributed by atoms with E-state index >= 15 is 0 Å². The van der Waals surface area contributed by atoms with Crippen LogP contribution in [0.4, 0.5) is 0 Å². The molecule has 2 heterocycles. The maximum atomic E-state index is 5.76. The van der Waals surface area contributed by atoms with E-state index in [1.54, 1.807) is 0 Å². The fourth-order valence-corrected chi connectivity index (χ4v) is 4.08. The minimum absolute atomic E-state index is 0.415. The number of ether oxygens (including phenoxy) is 1. The van der Waals surface area contributed by atoms with E-state index in [2.05, 4.69) is 21.5 Å². The molecule has 1 saturated heterocycles. The maximum absolute atomic E-state index is 5.76. The second-order valence-corrected chi connectivity index (χ2v) is 6.25. The van der Waals surface area contributed by atoms with E-state index in [0.29, 0.717) is 11.5 Å². The molecule has 19 heavy (non-hydrogen) atoms. The van der Waals surface area contributed by atoms with E-state index in [9.17, 15) is 0 Å². The second-order valence-electron chi connectivity index (χ2n) is 6.25. The third-order valence-electron chi connectivity index (χ3n) is 5.08. The van der Waals surface area contributed by atoms with Gasteiger partial charge in [0.25, 0.3) is 0 Å². The number of methoxy groups -OCH3 is 1. The lowest BCUT2D eigenvalue weighted by molar-refractivity contribution is -0.0372. The van der Waals surface area contributed by atoms with Gasteiger partial charge in [0.15, 0.2) is 0 Å². The van der Waals surface area contributed by atoms with Crippen molar-refractivity contribution in [3.63, 3.8) is 0 Å². The SMILES string of the molecule is CO[C@@H]1CCC[C@@]12CCCN(Cc1nccn1C)C2. The van der Waals surface area contributed by atoms with Crippen molar-refractivity contribution >= 4 is 0 Å². The smallest absolute Gasteiger partial charge is 0.122 e. The first-order chi connectivity index (χ1) is 9.23. The van der Waals surface area contributed by atoms with Gasteiger partial charge in [-0.25, -0.2) is 4.98 Å². The van der Waals surface area contributed by atoms with E-state index in [0.717, 1.165) is 6.54 Å². The van der Waals surface area contributed by atoms with Crippen LogP contribution in [0.15, 0.2) is 12.4 Å². The zero-order chi connectivity index (χ0) is 13.3. The third-order valence-corrected chi connectivity index (χ3v) is 5.08. The number of imidazole rings is 1. The zero-order valence-corrected chi connectivity index (χ0v) is 12.1. The highest BCUT2D eigenvalue weighted by Gasteiger charge is 2.45. The van der Waals surface area contributed by atoms with Gasteiger partial charge in [-0.1, -0.05) is 6.42 Å². The summed E-state index contributed by atoms with van der Waals surface area (Å²) >= 11 is 0. The summed E-state index contributed by atoms with van der Waals surface area (Å²) in [7, 11) is 3.96. The molecule has 2 aliphatic rings. The van der Waals surface area contributed by atoms with Crippen molar-refractivity contribution in [2.24, 2.45) is 12.5 Å². The first kappa shape index (κ1) is 13.1. The largest absolute Gasteiger partial charge is 0.381 e. The summed E-state index contributed by atoms with van der Waals surface area (Å²) in [6, 6.07) is 0. The normalized spacial score (nSPS) is 32.2. The minimum atomic E-state index is 0.415. The number of rotatable bonds is 3. The molecular formula is C15H25N3O. The Labute approximate surface area is 115 Å². The summed E-state index contributed by atoms with van der Waals surface area (Å²) in [5.41, 5.74) is 0.415. The average molecular weight is 263 g/mol. The van der Waals surface area contributed by atoms with E-state index in [-0.39, 0.29) is 0 Å². The zero-order valence-electron chi connectivity index (χ0n) is 12.1. The molecule has 1 saturated carbocycles. The van der Waals surface area contributed by atoms with E-state index in [1.165, 1.54) is 51.0 Å². The van der Waals surface area contributed by atoms with Crippen LogP contribution in [0.5, 0.6) is 0 Å². The number of aromatic nitrogens is 2. The Balaban J connectivity index is 1.70. The quantitative estimate of drug-likeness (QED) is 0.837. The summed E-state index contributed by atoms with van der Waals surface area (Å²) in [5, 5.41) is 0. The lowest BCUT2D eigenvalue weighted by Gasteiger charge is -2.43. The number of likely N-dealkylation sites (tertiary alicyclic amines) is 1. The molecule has 1 spiro atoms. The standard InChI is InChI=1S/C15H25N3O/c1-17-10-8-16-14(17)11-18-9-4-7-15(12-18)6-3-5-13(15)19-2/h8,10,13H,3-7,9,11-12H2,1-2H3/t13-,15+/m1/s1. The van der Waals surface area contributed by atoms with Gasteiger partial charge in [-0.15, -0.1) is 0 Å². The molecule has 106 valence electrons. The lowest BCUT2D eigenvalue weighted by Crippen LogP contribution is -2.47. The van der Waals surface area contributed by atoms with Gasteiger partial charge < -0.3 is 9.30 Å². The highest BCUT2D eigenvalue weighted by Crippen LogP contribution is 2.46. The van der Waals surface area contributed by atoms with E-state index < -0.39 is 0 Å². The van der Waals surface area contributed by atoms with Crippen LogP contribution in [0.1, 0.15) is 37.9 Å². The summed E-state index contributed by atoms with van der Waals surface area (Å²) in [4.78, 5) is 7.03. The summed E-state index contributed by atoms with van der Waals surface area (Å²) in [5.74, 6) is 1.17. The van der Waals surface area contributed by atoms with Crippen molar-refractivity contribution in [2.75, 3.05) is 20.2 Å². The Morgan fingerprint density at radius 1 is 1.42 bits per heavy atom. The Morgan fingerprint density at radius 2 is 2.26 bits per heavy atom. The van der Waals surface area contributed by atoms with Crippen LogP contribution >= 0.6 is 0 Å². The molecule has 1 aliphatic heterocycles. The van der Waals surface area contributed by atoms with Gasteiger partial charge in [-0.05, 0) is 32.2 Å². The first-order valence-electron chi connectivity index (χ1n) is 7.45. The second kappa shape index (κ2) is 5.25. The molecule has 4 heteroatoms. The van der Waals surface area contributed by atoms with Gasteiger partial charge in [0.05, 0.1) is 12.6 Å². The molecule has 0 N–H and O–H groups in total. The molecule has 3 rings (SSSR count).